The van der Waals surface area contributed by atoms with Crippen LogP contribution in [0.1, 0.15) is 11.1 Å². The van der Waals surface area contributed by atoms with Crippen LogP contribution in [0.5, 0.6) is 5.75 Å². The van der Waals surface area contributed by atoms with Crippen LogP contribution >= 0.6 is 0 Å². The van der Waals surface area contributed by atoms with Crippen LogP contribution in [0.15, 0.2) is 69.7 Å². The van der Waals surface area contributed by atoms with E-state index in [1.54, 1.807) is 0 Å². The lowest BCUT2D eigenvalue weighted by atomic mass is 10.1. The first-order valence-corrected chi connectivity index (χ1v) is 14.5. The number of halogens is 3. The average Bonchev–Trinajstić information content (AvgIpc) is 2.83. The molecule has 0 unspecified atom stereocenters. The maximum Gasteiger partial charge on any atom is 0.264 e. The minimum Gasteiger partial charge on any atom is -0.506 e. The lowest BCUT2D eigenvalue weighted by molar-refractivity contribution is 0.476. The van der Waals surface area contributed by atoms with Crippen molar-refractivity contribution < 1.29 is 35.1 Å². The fourth-order valence-corrected chi connectivity index (χ4v) is 6.17. The molecular formula is C25H18F3N3O6S2. The van der Waals surface area contributed by atoms with Crippen molar-refractivity contribution in [3.05, 3.63) is 98.9 Å². The second-order valence-corrected chi connectivity index (χ2v) is 12.3. The van der Waals surface area contributed by atoms with Crippen LogP contribution in [-0.2, 0) is 26.4 Å². The number of sulfone groups is 1. The molecule has 0 saturated carbocycles. The molecule has 1 aromatic heterocycles. The normalized spacial score (nSPS) is 14.4. The number of benzene rings is 3. The van der Waals surface area contributed by atoms with Gasteiger partial charge in [0, 0.05) is 11.1 Å². The summed E-state index contributed by atoms with van der Waals surface area (Å²) in [5.41, 5.74) is -1.55. The number of hydrogen-bond acceptors (Lipinski definition) is 7. The highest BCUT2D eigenvalue weighted by atomic mass is 32.2. The minimum absolute atomic E-state index is 0.0168. The van der Waals surface area contributed by atoms with Gasteiger partial charge in [-0.3, -0.25) is 9.52 Å². The molecule has 9 nitrogen and oxygen atoms in total. The number of anilines is 2. The van der Waals surface area contributed by atoms with E-state index in [9.17, 15) is 39.9 Å². The molecule has 1 aliphatic rings. The molecule has 0 saturated heterocycles. The quantitative estimate of drug-likeness (QED) is 0.329. The first kappa shape index (κ1) is 26.3. The maximum absolute atomic E-state index is 14.2. The Morgan fingerprint density at radius 1 is 1.00 bits per heavy atom. The number of nitrogens with one attached hydrogen (secondary N) is 2. The topological polar surface area (TPSA) is 135 Å². The first-order chi connectivity index (χ1) is 18.2. The first-order valence-electron chi connectivity index (χ1n) is 11.1. The second-order valence-electron chi connectivity index (χ2n) is 8.81. The van der Waals surface area contributed by atoms with Crippen LogP contribution in [0.4, 0.5) is 24.5 Å². The molecule has 0 amide bonds. The highest BCUT2D eigenvalue weighted by molar-refractivity contribution is 7.94. The summed E-state index contributed by atoms with van der Waals surface area (Å²) in [4.78, 5) is 13.4. The Balaban J connectivity index is 1.70. The molecule has 39 heavy (non-hydrogen) atoms. The predicted molar refractivity (Wildman–Crippen MR) is 139 cm³/mol. The number of fused-ring (bicyclic) bond motifs is 2. The highest BCUT2D eigenvalue weighted by Gasteiger charge is 2.29. The van der Waals surface area contributed by atoms with Crippen LogP contribution in [0.3, 0.4) is 0 Å². The smallest absolute Gasteiger partial charge is 0.264 e. The molecule has 0 fully saturated rings. The van der Waals surface area contributed by atoms with E-state index in [-0.39, 0.29) is 45.0 Å². The number of aromatic hydroxyl groups is 1. The SMILES string of the molecule is CS(=O)(=O)Nc1ccc2c(c1)S(=O)(=O)C=C(c1c(O)c3cc(F)ccc3n(Cc3ccc(F)c(F)c3)c1=O)N2. The molecular weight excluding hydrogens is 559 g/mol. The van der Waals surface area contributed by atoms with Crippen molar-refractivity contribution in [1.29, 1.82) is 0 Å². The standard InChI is InChI=1S/C25H18F3N3O6S2/c1-38(34,35)30-15-4-6-19-22(10-15)39(36,37)12-20(29-19)23-24(32)16-9-14(26)3-7-21(16)31(25(23)33)11-13-2-5-17(27)18(28)8-13/h2-10,12,29-30,32H,11H2,1H3. The van der Waals surface area contributed by atoms with Gasteiger partial charge in [0.2, 0.25) is 19.9 Å². The predicted octanol–water partition coefficient (Wildman–Crippen LogP) is 3.74. The number of aromatic nitrogens is 1. The second kappa shape index (κ2) is 9.17. The molecule has 5 rings (SSSR count). The third kappa shape index (κ3) is 4.95. The van der Waals surface area contributed by atoms with Crippen LogP contribution in [0.2, 0.25) is 0 Å². The van der Waals surface area contributed by atoms with Gasteiger partial charge in [-0.1, -0.05) is 6.07 Å². The number of rotatable bonds is 5. The largest absolute Gasteiger partial charge is 0.506 e. The van der Waals surface area contributed by atoms with Gasteiger partial charge in [-0.25, -0.2) is 30.0 Å². The molecule has 3 N–H and O–H groups in total. The summed E-state index contributed by atoms with van der Waals surface area (Å²) in [6, 6.07) is 9.86. The Morgan fingerprint density at radius 3 is 2.44 bits per heavy atom. The lowest BCUT2D eigenvalue weighted by Crippen LogP contribution is -2.27. The van der Waals surface area contributed by atoms with E-state index in [0.717, 1.165) is 41.2 Å². The summed E-state index contributed by atoms with van der Waals surface area (Å²) < 4.78 is 94.1. The van der Waals surface area contributed by atoms with Crippen molar-refractivity contribution in [2.75, 3.05) is 16.3 Å². The third-order valence-electron chi connectivity index (χ3n) is 5.93. The van der Waals surface area contributed by atoms with Crippen LogP contribution in [0, 0.1) is 17.5 Å². The molecule has 0 bridgehead atoms. The molecule has 4 aromatic rings. The highest BCUT2D eigenvalue weighted by Crippen LogP contribution is 2.38. The van der Waals surface area contributed by atoms with Gasteiger partial charge < -0.3 is 15.0 Å². The van der Waals surface area contributed by atoms with Gasteiger partial charge in [-0.2, -0.15) is 0 Å². The Labute approximate surface area is 219 Å². The lowest BCUT2D eigenvalue weighted by Gasteiger charge is -2.22. The van der Waals surface area contributed by atoms with Gasteiger partial charge in [-0.15, -0.1) is 0 Å². The van der Waals surface area contributed by atoms with E-state index >= 15 is 0 Å². The van der Waals surface area contributed by atoms with Gasteiger partial charge in [0.25, 0.3) is 5.56 Å². The molecule has 0 atom stereocenters. The molecule has 202 valence electrons. The van der Waals surface area contributed by atoms with Crippen molar-refractivity contribution in [2.45, 2.75) is 11.4 Å². The van der Waals surface area contributed by atoms with Crippen molar-refractivity contribution in [3.8, 4) is 5.75 Å². The van der Waals surface area contributed by atoms with E-state index in [1.807, 2.05) is 0 Å². The number of hydrogen-bond donors (Lipinski definition) is 3. The fourth-order valence-electron chi connectivity index (χ4n) is 4.29. The summed E-state index contributed by atoms with van der Waals surface area (Å²) >= 11 is 0. The summed E-state index contributed by atoms with van der Waals surface area (Å²) in [5, 5.41) is 14.3. The summed E-state index contributed by atoms with van der Waals surface area (Å²) in [6.07, 6.45) is 0.897. The number of pyridine rings is 1. The van der Waals surface area contributed by atoms with Crippen molar-refractivity contribution in [2.24, 2.45) is 0 Å². The van der Waals surface area contributed by atoms with Gasteiger partial charge in [0.15, 0.2) is 11.6 Å². The molecule has 2 heterocycles. The number of nitrogens with zero attached hydrogens (tertiary/aromatic N) is 1. The van der Waals surface area contributed by atoms with Gasteiger partial charge in [-0.05, 0) is 54.1 Å². The van der Waals surface area contributed by atoms with Gasteiger partial charge in [0.05, 0.1) is 40.0 Å². The molecule has 0 spiro atoms. The van der Waals surface area contributed by atoms with Crippen LogP contribution < -0.4 is 15.6 Å². The Bertz CT molecular complexity index is 2010. The Kier molecular flexibility index (Phi) is 6.18. The molecule has 3 aromatic carbocycles. The maximum atomic E-state index is 14.2. The van der Waals surface area contributed by atoms with Crippen LogP contribution in [0.25, 0.3) is 16.6 Å². The average molecular weight is 578 g/mol. The van der Waals surface area contributed by atoms with E-state index < -0.39 is 54.2 Å². The van der Waals surface area contributed by atoms with E-state index in [0.29, 0.717) is 5.41 Å². The van der Waals surface area contributed by atoms with E-state index in [1.165, 1.54) is 24.3 Å². The van der Waals surface area contributed by atoms with E-state index in [2.05, 4.69) is 10.0 Å². The zero-order valence-corrected chi connectivity index (χ0v) is 21.5. The molecule has 14 heteroatoms. The number of sulfonamides is 1. The fraction of sp³-hybridized carbons (Fsp3) is 0.0800. The third-order valence-corrected chi connectivity index (χ3v) is 8.03. The summed E-state index contributed by atoms with van der Waals surface area (Å²) in [5.74, 6) is -3.71. The van der Waals surface area contributed by atoms with Crippen molar-refractivity contribution in [3.63, 3.8) is 0 Å². The molecule has 1 aliphatic heterocycles. The Hall–Kier alpha value is -4.30. The van der Waals surface area contributed by atoms with Gasteiger partial charge in [0.1, 0.15) is 17.1 Å². The van der Waals surface area contributed by atoms with Crippen molar-refractivity contribution in [1.82, 2.24) is 4.57 Å². The zero-order chi connectivity index (χ0) is 28.3. The summed E-state index contributed by atoms with van der Waals surface area (Å²) in [6.45, 7) is -0.317. The molecule has 0 aliphatic carbocycles. The summed E-state index contributed by atoms with van der Waals surface area (Å²) in [7, 11) is -7.98. The monoisotopic (exact) mass is 577 g/mol. The van der Waals surface area contributed by atoms with Gasteiger partial charge >= 0.3 is 0 Å². The zero-order valence-electron chi connectivity index (χ0n) is 19.9. The van der Waals surface area contributed by atoms with Crippen molar-refractivity contribution >= 4 is 47.8 Å². The Morgan fingerprint density at radius 2 is 1.74 bits per heavy atom. The van der Waals surface area contributed by atoms with E-state index in [4.69, 9.17) is 0 Å². The molecule has 0 radical (unpaired) electrons. The van der Waals surface area contributed by atoms with Crippen LogP contribution in [-0.4, -0.2) is 32.8 Å². The minimum atomic E-state index is -4.28.